The molecule has 1 aromatic heterocycles. The number of H-pyrrole nitrogens is 1. The van der Waals surface area contributed by atoms with Gasteiger partial charge in [-0.15, -0.1) is 0 Å². The van der Waals surface area contributed by atoms with Crippen LogP contribution >= 0.6 is 43.5 Å². The maximum atomic E-state index is 12.4. The Bertz CT molecular complexity index is 952. The normalized spacial score (nSPS) is 11.8. The average molecular weight is 466 g/mol. The molecule has 3 aromatic rings. The molecule has 2 N–H and O–H groups in total. The number of benzene rings is 2. The third-order valence-corrected chi connectivity index (χ3v) is 5.29. The first-order valence-corrected chi connectivity index (χ1v) is 9.42. The number of fused-ring (bicyclic) bond motifs is 1. The number of hydrogen-bond donors (Lipinski definition) is 2. The van der Waals surface area contributed by atoms with Gasteiger partial charge in [-0.05, 0) is 36.4 Å². The van der Waals surface area contributed by atoms with E-state index in [1.807, 2.05) is 0 Å². The Morgan fingerprint density at radius 3 is 2.45 bits per heavy atom. The zero-order chi connectivity index (χ0) is 15.9. The molecule has 0 bridgehead atoms. The molecular formula is C13H8Br2ClN3O2S. The van der Waals surface area contributed by atoms with Gasteiger partial charge >= 0.3 is 0 Å². The quantitative estimate of drug-likeness (QED) is 0.596. The lowest BCUT2D eigenvalue weighted by atomic mass is 10.3. The number of nitrogens with one attached hydrogen (secondary N) is 2. The number of sulfonamides is 1. The van der Waals surface area contributed by atoms with Gasteiger partial charge in [-0.3, -0.25) is 0 Å². The highest BCUT2D eigenvalue weighted by Gasteiger charge is 2.17. The van der Waals surface area contributed by atoms with Crippen molar-refractivity contribution in [2.45, 2.75) is 4.90 Å². The summed E-state index contributed by atoms with van der Waals surface area (Å²) in [6.45, 7) is 0. The Morgan fingerprint density at radius 2 is 1.77 bits per heavy atom. The van der Waals surface area contributed by atoms with Crippen LogP contribution in [0.3, 0.4) is 0 Å². The number of imidazole rings is 1. The van der Waals surface area contributed by atoms with Gasteiger partial charge in [0.25, 0.3) is 10.0 Å². The molecular weight excluding hydrogens is 457 g/mol. The second-order valence-electron chi connectivity index (χ2n) is 4.46. The smallest absolute Gasteiger partial charge is 0.264 e. The summed E-state index contributed by atoms with van der Waals surface area (Å²) in [4.78, 5) is 7.18. The lowest BCUT2D eigenvalue weighted by Crippen LogP contribution is -2.14. The van der Waals surface area contributed by atoms with Crippen molar-refractivity contribution in [2.75, 3.05) is 4.72 Å². The van der Waals surface area contributed by atoms with Crippen molar-refractivity contribution in [1.82, 2.24) is 9.97 Å². The zero-order valence-electron chi connectivity index (χ0n) is 10.8. The van der Waals surface area contributed by atoms with E-state index in [9.17, 15) is 8.42 Å². The van der Waals surface area contributed by atoms with E-state index < -0.39 is 10.0 Å². The molecule has 0 fully saturated rings. The maximum Gasteiger partial charge on any atom is 0.264 e. The van der Waals surface area contributed by atoms with Crippen LogP contribution in [0, 0.1) is 0 Å². The average Bonchev–Trinajstić information content (AvgIpc) is 2.78. The Balaban J connectivity index is 1.98. The first-order chi connectivity index (χ1) is 10.3. The zero-order valence-corrected chi connectivity index (χ0v) is 15.5. The molecule has 9 heteroatoms. The fraction of sp³-hybridized carbons (Fsp3) is 0. The number of aromatic nitrogens is 2. The van der Waals surface area contributed by atoms with Crippen molar-refractivity contribution in [3.8, 4) is 0 Å². The Kier molecular flexibility index (Phi) is 4.19. The molecule has 0 aliphatic carbocycles. The van der Waals surface area contributed by atoms with E-state index in [4.69, 9.17) is 11.6 Å². The molecule has 0 radical (unpaired) electrons. The number of halogens is 3. The Hall–Kier alpha value is -1.09. The van der Waals surface area contributed by atoms with E-state index in [0.29, 0.717) is 25.0 Å². The van der Waals surface area contributed by atoms with E-state index in [-0.39, 0.29) is 10.8 Å². The standard InChI is InChI=1S/C13H8Br2ClN3O2S/c14-7-3-8(15)5-10(4-7)22(20,21)19-13-17-11-2-1-9(16)6-12(11)18-13/h1-6H,(H2,17,18,19). The lowest BCUT2D eigenvalue weighted by Gasteiger charge is -2.06. The molecule has 0 atom stereocenters. The summed E-state index contributed by atoms with van der Waals surface area (Å²) in [5, 5.41) is 0.543. The summed E-state index contributed by atoms with van der Waals surface area (Å²) in [6, 6.07) is 9.84. The topological polar surface area (TPSA) is 74.8 Å². The highest BCUT2D eigenvalue weighted by molar-refractivity contribution is 9.11. The van der Waals surface area contributed by atoms with Crippen LogP contribution in [0.1, 0.15) is 0 Å². The van der Waals surface area contributed by atoms with Gasteiger partial charge in [0.1, 0.15) is 0 Å². The second kappa shape index (κ2) is 5.84. The predicted molar refractivity (Wildman–Crippen MR) is 93.8 cm³/mol. The maximum absolute atomic E-state index is 12.4. The van der Waals surface area contributed by atoms with Gasteiger partial charge in [0, 0.05) is 14.0 Å². The summed E-state index contributed by atoms with van der Waals surface area (Å²) in [7, 11) is -3.75. The molecule has 1 heterocycles. The molecule has 22 heavy (non-hydrogen) atoms. The van der Waals surface area contributed by atoms with Gasteiger partial charge in [0.15, 0.2) is 0 Å². The van der Waals surface area contributed by atoms with E-state index in [1.54, 1.807) is 24.3 Å². The summed E-state index contributed by atoms with van der Waals surface area (Å²) in [6.07, 6.45) is 0. The van der Waals surface area contributed by atoms with Crippen LogP contribution in [-0.2, 0) is 10.0 Å². The van der Waals surface area contributed by atoms with Crippen LogP contribution in [0.25, 0.3) is 11.0 Å². The molecule has 114 valence electrons. The van der Waals surface area contributed by atoms with Gasteiger partial charge in [0.05, 0.1) is 15.9 Å². The first kappa shape index (κ1) is 15.8. The van der Waals surface area contributed by atoms with Crippen molar-refractivity contribution in [3.63, 3.8) is 0 Å². The highest BCUT2D eigenvalue weighted by atomic mass is 79.9. The first-order valence-electron chi connectivity index (χ1n) is 5.98. The second-order valence-corrected chi connectivity index (χ2v) is 8.41. The van der Waals surface area contributed by atoms with Crippen molar-refractivity contribution in [1.29, 1.82) is 0 Å². The monoisotopic (exact) mass is 463 g/mol. The van der Waals surface area contributed by atoms with Crippen LogP contribution in [0.4, 0.5) is 5.95 Å². The van der Waals surface area contributed by atoms with E-state index in [2.05, 4.69) is 46.5 Å². The molecule has 0 saturated carbocycles. The van der Waals surface area contributed by atoms with Crippen LogP contribution < -0.4 is 4.72 Å². The fourth-order valence-electron chi connectivity index (χ4n) is 1.90. The minimum absolute atomic E-state index is 0.118. The fourth-order valence-corrected chi connectivity index (χ4v) is 4.70. The molecule has 5 nitrogen and oxygen atoms in total. The summed E-state index contributed by atoms with van der Waals surface area (Å²) in [5.74, 6) is 0.133. The Labute approximate surface area is 148 Å². The number of aromatic amines is 1. The minimum Gasteiger partial charge on any atom is -0.323 e. The number of anilines is 1. The molecule has 0 unspecified atom stereocenters. The third kappa shape index (κ3) is 3.29. The number of rotatable bonds is 3. The molecule has 0 saturated heterocycles. The van der Waals surface area contributed by atoms with Crippen LogP contribution in [0.2, 0.25) is 5.02 Å². The van der Waals surface area contributed by atoms with Crippen LogP contribution in [0.5, 0.6) is 0 Å². The summed E-state index contributed by atoms with van der Waals surface area (Å²) < 4.78 is 28.5. The van der Waals surface area contributed by atoms with Gasteiger partial charge in [0.2, 0.25) is 5.95 Å². The Morgan fingerprint density at radius 1 is 1.09 bits per heavy atom. The molecule has 0 aliphatic heterocycles. The van der Waals surface area contributed by atoms with Crippen molar-refractivity contribution in [2.24, 2.45) is 0 Å². The van der Waals surface area contributed by atoms with Gasteiger partial charge in [-0.25, -0.2) is 18.1 Å². The lowest BCUT2D eigenvalue weighted by molar-refractivity contribution is 0.601. The molecule has 0 spiro atoms. The van der Waals surface area contributed by atoms with Gasteiger partial charge < -0.3 is 4.98 Å². The molecule has 2 aromatic carbocycles. The van der Waals surface area contributed by atoms with Crippen molar-refractivity contribution in [3.05, 3.63) is 50.4 Å². The van der Waals surface area contributed by atoms with Crippen LogP contribution in [-0.4, -0.2) is 18.4 Å². The minimum atomic E-state index is -3.75. The molecule has 0 amide bonds. The molecule has 3 rings (SSSR count). The van der Waals surface area contributed by atoms with E-state index in [1.165, 1.54) is 12.1 Å². The summed E-state index contributed by atoms with van der Waals surface area (Å²) in [5.41, 5.74) is 1.28. The highest BCUT2D eigenvalue weighted by Crippen LogP contribution is 2.25. The third-order valence-electron chi connectivity index (χ3n) is 2.82. The molecule has 0 aliphatic rings. The largest absolute Gasteiger partial charge is 0.323 e. The predicted octanol–water partition coefficient (Wildman–Crippen LogP) is 4.54. The number of hydrogen-bond acceptors (Lipinski definition) is 3. The number of nitrogens with zero attached hydrogens (tertiary/aromatic N) is 1. The van der Waals surface area contributed by atoms with Gasteiger partial charge in [-0.2, -0.15) is 0 Å². The van der Waals surface area contributed by atoms with E-state index >= 15 is 0 Å². The van der Waals surface area contributed by atoms with Crippen molar-refractivity contribution < 1.29 is 8.42 Å². The van der Waals surface area contributed by atoms with Crippen LogP contribution in [0.15, 0.2) is 50.2 Å². The summed E-state index contributed by atoms with van der Waals surface area (Å²) >= 11 is 12.4. The van der Waals surface area contributed by atoms with Gasteiger partial charge in [-0.1, -0.05) is 43.5 Å². The SMILES string of the molecule is O=S(=O)(Nc1nc2ccc(Cl)cc2[nH]1)c1cc(Br)cc(Br)c1. The van der Waals surface area contributed by atoms with Crippen molar-refractivity contribution >= 4 is 70.5 Å². The van der Waals surface area contributed by atoms with E-state index in [0.717, 1.165) is 0 Å².